The topological polar surface area (TPSA) is 82.7 Å². The number of urea groups is 1. The molecule has 0 unspecified atom stereocenters. The van der Waals surface area contributed by atoms with Crippen molar-refractivity contribution in [3.05, 3.63) is 24.3 Å². The summed E-state index contributed by atoms with van der Waals surface area (Å²) in [7, 11) is 2.09. The molecule has 7 nitrogen and oxygen atoms in total. The molecule has 138 valence electrons. The minimum Gasteiger partial charge on any atom is -0.369 e. The third-order valence-electron chi connectivity index (χ3n) is 4.25. The molecule has 0 saturated carbocycles. The lowest BCUT2D eigenvalue weighted by Gasteiger charge is -2.29. The number of carbonyl (C=O) groups excluding carboxylic acids is 2. The van der Waals surface area contributed by atoms with Crippen LogP contribution < -0.4 is 16.0 Å². The summed E-state index contributed by atoms with van der Waals surface area (Å²) in [5.74, 6) is -0.192. The first-order valence-corrected chi connectivity index (χ1v) is 8.76. The summed E-state index contributed by atoms with van der Waals surface area (Å²) < 4.78 is 5.25. The fourth-order valence-corrected chi connectivity index (χ4v) is 2.71. The van der Waals surface area contributed by atoms with Gasteiger partial charge in [-0.05, 0) is 71.1 Å². The molecule has 1 heterocycles. The van der Waals surface area contributed by atoms with Crippen molar-refractivity contribution in [2.45, 2.75) is 38.8 Å². The first-order chi connectivity index (χ1) is 12.0. The van der Waals surface area contributed by atoms with E-state index in [9.17, 15) is 9.59 Å². The fourth-order valence-electron chi connectivity index (χ4n) is 2.71. The molecule has 3 N–H and O–H groups in total. The molecule has 1 aliphatic heterocycles. The Morgan fingerprint density at radius 2 is 1.72 bits per heavy atom. The Morgan fingerprint density at radius 1 is 1.16 bits per heavy atom. The number of nitrogens with zero attached hydrogens (tertiary/aromatic N) is 1. The largest absolute Gasteiger partial charge is 0.369 e. The summed E-state index contributed by atoms with van der Waals surface area (Å²) >= 11 is 0. The Bertz CT molecular complexity index is 568. The second kappa shape index (κ2) is 9.39. The number of hydrogen-bond donors (Lipinski definition) is 3. The summed E-state index contributed by atoms with van der Waals surface area (Å²) in [5.41, 5.74) is 1.35. The highest BCUT2D eigenvalue weighted by Crippen LogP contribution is 2.15. The Morgan fingerprint density at radius 3 is 2.28 bits per heavy atom. The molecule has 1 aromatic rings. The van der Waals surface area contributed by atoms with Crippen molar-refractivity contribution in [3.8, 4) is 0 Å². The minimum atomic E-state index is -0.497. The van der Waals surface area contributed by atoms with Gasteiger partial charge in [-0.2, -0.15) is 0 Å². The van der Waals surface area contributed by atoms with Crippen LogP contribution in [0.2, 0.25) is 0 Å². The summed E-state index contributed by atoms with van der Waals surface area (Å²) in [6.07, 6.45) is 1.43. The van der Waals surface area contributed by atoms with Gasteiger partial charge in [0.25, 0.3) is 5.91 Å². The zero-order valence-corrected chi connectivity index (χ0v) is 15.2. The van der Waals surface area contributed by atoms with E-state index in [4.69, 9.17) is 4.74 Å². The van der Waals surface area contributed by atoms with E-state index in [2.05, 4.69) is 27.9 Å². The van der Waals surface area contributed by atoms with Crippen molar-refractivity contribution in [3.63, 3.8) is 0 Å². The van der Waals surface area contributed by atoms with Gasteiger partial charge in [-0.3, -0.25) is 4.79 Å². The highest BCUT2D eigenvalue weighted by molar-refractivity contribution is 5.94. The maximum atomic E-state index is 12.1. The molecule has 2 rings (SSSR count). The van der Waals surface area contributed by atoms with Gasteiger partial charge in [-0.1, -0.05) is 0 Å². The van der Waals surface area contributed by atoms with Crippen LogP contribution in [0.15, 0.2) is 24.3 Å². The number of amides is 3. The number of likely N-dealkylation sites (tertiary alicyclic amines) is 1. The van der Waals surface area contributed by atoms with Crippen molar-refractivity contribution in [1.29, 1.82) is 0 Å². The number of rotatable bonds is 6. The summed E-state index contributed by atoms with van der Waals surface area (Å²) in [4.78, 5) is 26.2. The third-order valence-corrected chi connectivity index (χ3v) is 4.25. The van der Waals surface area contributed by atoms with Crippen molar-refractivity contribution in [2.75, 3.05) is 37.4 Å². The summed E-state index contributed by atoms with van der Waals surface area (Å²) in [6, 6.07) is 7.04. The zero-order valence-electron chi connectivity index (χ0n) is 15.2. The van der Waals surface area contributed by atoms with E-state index in [-0.39, 0.29) is 18.0 Å². The number of anilines is 2. The van der Waals surface area contributed by atoms with Gasteiger partial charge < -0.3 is 25.6 Å². The number of nitrogens with one attached hydrogen (secondary N) is 3. The minimum absolute atomic E-state index is 0.192. The van der Waals surface area contributed by atoms with Gasteiger partial charge in [0, 0.05) is 24.0 Å². The van der Waals surface area contributed by atoms with Crippen molar-refractivity contribution in [2.24, 2.45) is 0 Å². The van der Waals surface area contributed by atoms with E-state index in [1.807, 2.05) is 6.92 Å². The molecule has 3 amide bonds. The van der Waals surface area contributed by atoms with Gasteiger partial charge in [0.2, 0.25) is 0 Å². The molecule has 0 aromatic heterocycles. The number of benzene rings is 1. The van der Waals surface area contributed by atoms with E-state index >= 15 is 0 Å². The van der Waals surface area contributed by atoms with Crippen LogP contribution in [-0.4, -0.2) is 55.7 Å². The van der Waals surface area contributed by atoms with E-state index in [1.165, 1.54) is 0 Å². The summed E-state index contributed by atoms with van der Waals surface area (Å²) in [6.45, 7) is 6.05. The number of piperidine rings is 1. The maximum Gasteiger partial charge on any atom is 0.319 e. The van der Waals surface area contributed by atoms with Crippen LogP contribution in [0.4, 0.5) is 16.2 Å². The lowest BCUT2D eigenvalue weighted by Crippen LogP contribution is -2.44. The zero-order chi connectivity index (χ0) is 18.2. The Kier molecular flexibility index (Phi) is 7.21. The molecule has 1 aromatic carbocycles. The van der Waals surface area contributed by atoms with Crippen LogP contribution in [0.3, 0.4) is 0 Å². The number of hydrogen-bond acceptors (Lipinski definition) is 4. The van der Waals surface area contributed by atoms with Gasteiger partial charge in [-0.15, -0.1) is 0 Å². The van der Waals surface area contributed by atoms with E-state index in [0.29, 0.717) is 18.0 Å². The van der Waals surface area contributed by atoms with Gasteiger partial charge in [0.1, 0.15) is 6.10 Å². The predicted molar refractivity (Wildman–Crippen MR) is 98.8 cm³/mol. The highest BCUT2D eigenvalue weighted by Gasteiger charge is 2.18. The molecule has 0 spiro atoms. The first-order valence-electron chi connectivity index (χ1n) is 8.76. The second-order valence-electron chi connectivity index (χ2n) is 6.34. The van der Waals surface area contributed by atoms with Crippen LogP contribution >= 0.6 is 0 Å². The molecule has 0 radical (unpaired) electrons. The van der Waals surface area contributed by atoms with Gasteiger partial charge in [-0.25, -0.2) is 4.79 Å². The van der Waals surface area contributed by atoms with Gasteiger partial charge in [0.05, 0.1) is 0 Å². The molecule has 1 atom stereocenters. The smallest absolute Gasteiger partial charge is 0.319 e. The van der Waals surface area contributed by atoms with Crippen LogP contribution in [0.25, 0.3) is 0 Å². The van der Waals surface area contributed by atoms with Crippen LogP contribution in [0.1, 0.15) is 26.7 Å². The lowest BCUT2D eigenvalue weighted by molar-refractivity contribution is -0.126. The molecule has 1 aliphatic rings. The average Bonchev–Trinajstić information content (AvgIpc) is 2.59. The molecule has 0 bridgehead atoms. The first kappa shape index (κ1) is 19.2. The monoisotopic (exact) mass is 348 g/mol. The van der Waals surface area contributed by atoms with Crippen molar-refractivity contribution < 1.29 is 14.3 Å². The second-order valence-corrected chi connectivity index (χ2v) is 6.34. The van der Waals surface area contributed by atoms with Crippen molar-refractivity contribution >= 4 is 23.3 Å². The molecule has 0 aliphatic carbocycles. The molecule has 1 saturated heterocycles. The highest BCUT2D eigenvalue weighted by atomic mass is 16.5. The van der Waals surface area contributed by atoms with Crippen LogP contribution in [-0.2, 0) is 9.53 Å². The van der Waals surface area contributed by atoms with Gasteiger partial charge in [0.15, 0.2) is 0 Å². The molecule has 7 heteroatoms. The molecular formula is C18H28N4O3. The van der Waals surface area contributed by atoms with E-state index in [1.54, 1.807) is 31.2 Å². The molecule has 25 heavy (non-hydrogen) atoms. The SMILES string of the molecule is CCO[C@H](C)C(=O)Nc1ccc(NC(=O)NC2CCN(C)CC2)cc1. The number of carbonyl (C=O) groups is 2. The average molecular weight is 348 g/mol. The normalized spacial score (nSPS) is 16.9. The Labute approximate surface area is 149 Å². The van der Waals surface area contributed by atoms with E-state index in [0.717, 1.165) is 25.9 Å². The summed E-state index contributed by atoms with van der Waals surface area (Å²) in [5, 5.41) is 8.60. The fraction of sp³-hybridized carbons (Fsp3) is 0.556. The molecular weight excluding hydrogens is 320 g/mol. The lowest BCUT2D eigenvalue weighted by atomic mass is 10.1. The van der Waals surface area contributed by atoms with Gasteiger partial charge >= 0.3 is 6.03 Å². The predicted octanol–water partition coefficient (Wildman–Crippen LogP) is 2.27. The molecule has 1 fully saturated rings. The Balaban J connectivity index is 1.79. The number of ether oxygens (including phenoxy) is 1. The maximum absolute atomic E-state index is 12.1. The quantitative estimate of drug-likeness (QED) is 0.736. The van der Waals surface area contributed by atoms with Crippen molar-refractivity contribution in [1.82, 2.24) is 10.2 Å². The standard InChI is InChI=1S/C18H28N4O3/c1-4-25-13(2)17(23)19-14-5-7-15(8-6-14)20-18(24)21-16-9-11-22(3)12-10-16/h5-8,13,16H,4,9-12H2,1-3H3,(H,19,23)(H2,20,21,24)/t13-/m1/s1. The Hall–Kier alpha value is -2.12. The van der Waals surface area contributed by atoms with Crippen LogP contribution in [0, 0.1) is 0 Å². The van der Waals surface area contributed by atoms with E-state index < -0.39 is 6.10 Å². The van der Waals surface area contributed by atoms with Crippen LogP contribution in [0.5, 0.6) is 0 Å². The third kappa shape index (κ3) is 6.36.